The van der Waals surface area contributed by atoms with Crippen molar-refractivity contribution < 1.29 is 14.3 Å². The van der Waals surface area contributed by atoms with Gasteiger partial charge in [0.05, 0.1) is 7.11 Å². The Labute approximate surface area is 170 Å². The van der Waals surface area contributed by atoms with Crippen LogP contribution >= 0.6 is 0 Å². The highest BCUT2D eigenvalue weighted by Crippen LogP contribution is 2.28. The molecule has 0 fully saturated rings. The fourth-order valence-corrected chi connectivity index (χ4v) is 2.77. The van der Waals surface area contributed by atoms with E-state index in [1.807, 2.05) is 67.7 Å². The standard InChI is InChI=1S/C23H25N3O3/c1-17-5-8-20(9-6-17)26-23(27)16-29-21-10-7-18(12-22(21)28-2)13-25-15-19-4-3-11-24-14-19/h3-12,14,25H,13,15-16H2,1-2H3,(H,26,27). The first-order valence-electron chi connectivity index (χ1n) is 9.40. The SMILES string of the molecule is COc1cc(CNCc2cccnc2)ccc1OCC(=O)Nc1ccc(C)cc1. The van der Waals surface area contributed by atoms with Gasteiger partial charge < -0.3 is 20.1 Å². The molecule has 0 unspecified atom stereocenters. The minimum Gasteiger partial charge on any atom is -0.493 e. The molecule has 150 valence electrons. The summed E-state index contributed by atoms with van der Waals surface area (Å²) in [5.41, 5.74) is 4.06. The van der Waals surface area contributed by atoms with Gasteiger partial charge in [-0.15, -0.1) is 0 Å². The predicted molar refractivity (Wildman–Crippen MR) is 113 cm³/mol. The van der Waals surface area contributed by atoms with Crippen LogP contribution in [-0.2, 0) is 17.9 Å². The third-order valence-electron chi connectivity index (χ3n) is 4.30. The van der Waals surface area contributed by atoms with Crippen LogP contribution in [0, 0.1) is 6.92 Å². The molecule has 2 N–H and O–H groups in total. The van der Waals surface area contributed by atoms with Crippen molar-refractivity contribution in [3.63, 3.8) is 0 Å². The lowest BCUT2D eigenvalue weighted by Crippen LogP contribution is -2.20. The average Bonchev–Trinajstić information content (AvgIpc) is 2.75. The van der Waals surface area contributed by atoms with Gasteiger partial charge in [-0.2, -0.15) is 0 Å². The Kier molecular flexibility index (Phi) is 7.19. The molecule has 1 heterocycles. The highest BCUT2D eigenvalue weighted by molar-refractivity contribution is 5.91. The van der Waals surface area contributed by atoms with Crippen LogP contribution in [0.4, 0.5) is 5.69 Å². The number of nitrogens with one attached hydrogen (secondary N) is 2. The van der Waals surface area contributed by atoms with Crippen LogP contribution in [0.15, 0.2) is 67.0 Å². The molecule has 0 bridgehead atoms. The van der Waals surface area contributed by atoms with Gasteiger partial charge in [-0.1, -0.05) is 29.8 Å². The van der Waals surface area contributed by atoms with Gasteiger partial charge in [-0.05, 0) is 48.4 Å². The van der Waals surface area contributed by atoms with E-state index in [0.29, 0.717) is 18.0 Å². The Bertz CT molecular complexity index is 928. The number of ether oxygens (including phenoxy) is 2. The molecule has 3 aromatic rings. The first-order chi connectivity index (χ1) is 14.1. The number of nitrogens with zero attached hydrogens (tertiary/aromatic N) is 1. The molecule has 0 spiro atoms. The number of pyridine rings is 1. The van der Waals surface area contributed by atoms with Crippen LogP contribution in [0.3, 0.4) is 0 Å². The zero-order valence-corrected chi connectivity index (χ0v) is 16.6. The monoisotopic (exact) mass is 391 g/mol. The summed E-state index contributed by atoms with van der Waals surface area (Å²) < 4.78 is 11.1. The van der Waals surface area contributed by atoms with Crippen LogP contribution in [0.2, 0.25) is 0 Å². The molecule has 2 aromatic carbocycles. The molecule has 29 heavy (non-hydrogen) atoms. The van der Waals surface area contributed by atoms with Crippen LogP contribution in [0.5, 0.6) is 11.5 Å². The number of rotatable bonds is 9. The molecule has 6 heteroatoms. The smallest absolute Gasteiger partial charge is 0.262 e. The van der Waals surface area contributed by atoms with Gasteiger partial charge in [-0.3, -0.25) is 9.78 Å². The number of hydrogen-bond donors (Lipinski definition) is 2. The molecular formula is C23H25N3O3. The third-order valence-corrected chi connectivity index (χ3v) is 4.30. The van der Waals surface area contributed by atoms with Crippen molar-refractivity contribution in [3.05, 3.63) is 83.7 Å². The summed E-state index contributed by atoms with van der Waals surface area (Å²) in [5.74, 6) is 0.898. The summed E-state index contributed by atoms with van der Waals surface area (Å²) in [6.45, 7) is 3.31. The molecule has 6 nitrogen and oxygen atoms in total. The lowest BCUT2D eigenvalue weighted by atomic mass is 10.2. The van der Waals surface area contributed by atoms with Gasteiger partial charge in [0.15, 0.2) is 18.1 Å². The zero-order valence-electron chi connectivity index (χ0n) is 16.6. The van der Waals surface area contributed by atoms with Crippen molar-refractivity contribution in [2.45, 2.75) is 20.0 Å². The second-order valence-electron chi connectivity index (χ2n) is 6.65. The second-order valence-corrected chi connectivity index (χ2v) is 6.65. The number of aromatic nitrogens is 1. The van der Waals surface area contributed by atoms with E-state index in [-0.39, 0.29) is 12.5 Å². The van der Waals surface area contributed by atoms with Gasteiger partial charge in [0.25, 0.3) is 5.91 Å². The second kappa shape index (κ2) is 10.2. The Balaban J connectivity index is 1.51. The molecule has 0 aliphatic rings. The first kappa shape index (κ1) is 20.4. The molecule has 0 aliphatic heterocycles. The van der Waals surface area contributed by atoms with E-state index in [0.717, 1.165) is 28.9 Å². The number of methoxy groups -OCH3 is 1. The third kappa shape index (κ3) is 6.33. The van der Waals surface area contributed by atoms with E-state index < -0.39 is 0 Å². The molecular weight excluding hydrogens is 366 g/mol. The van der Waals surface area contributed by atoms with Crippen molar-refractivity contribution >= 4 is 11.6 Å². The number of anilines is 1. The van der Waals surface area contributed by atoms with Crippen molar-refractivity contribution in [1.29, 1.82) is 0 Å². The van der Waals surface area contributed by atoms with Crippen molar-refractivity contribution in [3.8, 4) is 11.5 Å². The van der Waals surface area contributed by atoms with Gasteiger partial charge >= 0.3 is 0 Å². The van der Waals surface area contributed by atoms with E-state index in [1.165, 1.54) is 0 Å². The van der Waals surface area contributed by atoms with E-state index in [9.17, 15) is 4.79 Å². The Morgan fingerprint density at radius 2 is 1.79 bits per heavy atom. The lowest BCUT2D eigenvalue weighted by molar-refractivity contribution is -0.118. The van der Waals surface area contributed by atoms with Crippen molar-refractivity contribution in [2.75, 3.05) is 19.0 Å². The molecule has 0 radical (unpaired) electrons. The minimum absolute atomic E-state index is 0.0944. The summed E-state index contributed by atoms with van der Waals surface area (Å²) in [6.07, 6.45) is 3.60. The first-order valence-corrected chi connectivity index (χ1v) is 9.40. The fraction of sp³-hybridized carbons (Fsp3) is 0.217. The largest absolute Gasteiger partial charge is 0.493 e. The van der Waals surface area contributed by atoms with Gasteiger partial charge in [0, 0.05) is 31.2 Å². The van der Waals surface area contributed by atoms with Crippen molar-refractivity contribution in [2.24, 2.45) is 0 Å². The summed E-state index contributed by atoms with van der Waals surface area (Å²) in [7, 11) is 1.58. The molecule has 0 aliphatic carbocycles. The Morgan fingerprint density at radius 1 is 1.00 bits per heavy atom. The Morgan fingerprint density at radius 3 is 2.52 bits per heavy atom. The van der Waals surface area contributed by atoms with Crippen LogP contribution in [-0.4, -0.2) is 24.6 Å². The molecule has 1 amide bonds. The molecule has 1 aromatic heterocycles. The number of hydrogen-bond acceptors (Lipinski definition) is 5. The number of carbonyl (C=O) groups is 1. The molecule has 0 saturated heterocycles. The van der Waals surface area contributed by atoms with Gasteiger partial charge in [0.2, 0.25) is 0 Å². The quantitative estimate of drug-likeness (QED) is 0.582. The van der Waals surface area contributed by atoms with E-state index in [4.69, 9.17) is 9.47 Å². The number of carbonyl (C=O) groups excluding carboxylic acids is 1. The topological polar surface area (TPSA) is 72.5 Å². The summed E-state index contributed by atoms with van der Waals surface area (Å²) in [5, 5.41) is 6.18. The van der Waals surface area contributed by atoms with Crippen LogP contribution < -0.4 is 20.1 Å². The average molecular weight is 391 g/mol. The highest BCUT2D eigenvalue weighted by Gasteiger charge is 2.09. The Hall–Kier alpha value is -3.38. The van der Waals surface area contributed by atoms with Gasteiger partial charge in [-0.25, -0.2) is 0 Å². The molecule has 0 saturated carbocycles. The number of amides is 1. The predicted octanol–water partition coefficient (Wildman–Crippen LogP) is 3.71. The maximum atomic E-state index is 12.1. The van der Waals surface area contributed by atoms with Crippen LogP contribution in [0.25, 0.3) is 0 Å². The molecule has 0 atom stereocenters. The lowest BCUT2D eigenvalue weighted by Gasteiger charge is -2.13. The number of aryl methyl sites for hydroxylation is 1. The molecule has 3 rings (SSSR count). The zero-order chi connectivity index (χ0) is 20.5. The van der Waals surface area contributed by atoms with E-state index >= 15 is 0 Å². The van der Waals surface area contributed by atoms with Crippen molar-refractivity contribution in [1.82, 2.24) is 10.3 Å². The van der Waals surface area contributed by atoms with E-state index in [2.05, 4.69) is 15.6 Å². The van der Waals surface area contributed by atoms with Gasteiger partial charge in [0.1, 0.15) is 0 Å². The van der Waals surface area contributed by atoms with E-state index in [1.54, 1.807) is 13.3 Å². The highest BCUT2D eigenvalue weighted by atomic mass is 16.5. The maximum Gasteiger partial charge on any atom is 0.262 e. The summed E-state index contributed by atoms with van der Waals surface area (Å²) in [6, 6.07) is 17.2. The normalized spacial score (nSPS) is 10.4. The maximum absolute atomic E-state index is 12.1. The summed E-state index contributed by atoms with van der Waals surface area (Å²) >= 11 is 0. The summed E-state index contributed by atoms with van der Waals surface area (Å²) in [4.78, 5) is 16.2. The fourth-order valence-electron chi connectivity index (χ4n) is 2.77. The minimum atomic E-state index is -0.224. The number of benzene rings is 2. The van der Waals surface area contributed by atoms with Crippen LogP contribution in [0.1, 0.15) is 16.7 Å².